The average Bonchev–Trinajstić information content (AvgIpc) is 3.02. The summed E-state index contributed by atoms with van der Waals surface area (Å²) >= 11 is 1.67. The van der Waals surface area contributed by atoms with Gasteiger partial charge in [0.1, 0.15) is 0 Å². The van der Waals surface area contributed by atoms with Gasteiger partial charge in [-0.15, -0.1) is 16.4 Å². The van der Waals surface area contributed by atoms with Crippen LogP contribution in [0.3, 0.4) is 0 Å². The Balaban J connectivity index is 1.67. The smallest absolute Gasteiger partial charge is 0.267 e. The number of nitrogens with zero attached hydrogens (tertiary/aromatic N) is 3. The molecule has 0 N–H and O–H groups in total. The summed E-state index contributed by atoms with van der Waals surface area (Å²) in [5.41, 5.74) is 3.91. The van der Waals surface area contributed by atoms with Crippen LogP contribution in [0.4, 0.5) is 0 Å². The predicted molar refractivity (Wildman–Crippen MR) is 116 cm³/mol. The normalized spacial score (nSPS) is 17.3. The van der Waals surface area contributed by atoms with E-state index in [2.05, 4.69) is 69.2 Å². The predicted octanol–water partition coefficient (Wildman–Crippen LogP) is 5.18. The van der Waals surface area contributed by atoms with Crippen LogP contribution in [0.5, 0.6) is 0 Å². The van der Waals surface area contributed by atoms with Crippen LogP contribution in [0.1, 0.15) is 68.5 Å². The molecule has 148 valence electrons. The van der Waals surface area contributed by atoms with Crippen molar-refractivity contribution in [3.8, 4) is 0 Å². The lowest BCUT2D eigenvalue weighted by molar-refractivity contribution is 0.218. The third-order valence-corrected chi connectivity index (χ3v) is 7.28. The molecule has 0 spiro atoms. The molecular formula is C23H29N3OS. The first-order valence-electron chi connectivity index (χ1n) is 10.2. The maximum absolute atomic E-state index is 13.2. The summed E-state index contributed by atoms with van der Waals surface area (Å²) in [4.78, 5) is 15.3. The van der Waals surface area contributed by atoms with Gasteiger partial charge in [-0.05, 0) is 53.2 Å². The van der Waals surface area contributed by atoms with Crippen LogP contribution in [0.2, 0.25) is 0 Å². The second kappa shape index (κ2) is 7.11. The minimum Gasteiger partial charge on any atom is -0.267 e. The standard InChI is InChI=1S/C23H29N3OS/c1-14(2)16-8-6-15(7-9-16)13-26-22(27)20-18-11-10-17(23(3,4)5)12-19(18)28-21(20)24-25-26/h6-9,14,17H,10-13H2,1-5H3/t17-/m1/s1. The fraction of sp³-hybridized carbons (Fsp3) is 0.522. The Morgan fingerprint density at radius 3 is 2.57 bits per heavy atom. The molecule has 4 rings (SSSR count). The fourth-order valence-electron chi connectivity index (χ4n) is 4.15. The molecule has 5 heteroatoms. The number of aryl methyl sites for hydroxylation is 1. The van der Waals surface area contributed by atoms with E-state index in [1.165, 1.54) is 20.7 Å². The van der Waals surface area contributed by atoms with Gasteiger partial charge < -0.3 is 0 Å². The summed E-state index contributed by atoms with van der Waals surface area (Å²) in [6.45, 7) is 11.8. The summed E-state index contributed by atoms with van der Waals surface area (Å²) in [6, 6.07) is 8.45. The Kier molecular flexibility index (Phi) is 4.90. The molecule has 2 heterocycles. The number of benzene rings is 1. The zero-order valence-electron chi connectivity index (χ0n) is 17.5. The zero-order valence-corrected chi connectivity index (χ0v) is 18.3. The highest BCUT2D eigenvalue weighted by Gasteiger charge is 2.31. The molecule has 0 saturated carbocycles. The third-order valence-electron chi connectivity index (χ3n) is 6.14. The largest absolute Gasteiger partial charge is 0.279 e. The molecule has 28 heavy (non-hydrogen) atoms. The van der Waals surface area contributed by atoms with E-state index in [0.717, 1.165) is 35.0 Å². The van der Waals surface area contributed by atoms with Crippen LogP contribution < -0.4 is 5.56 Å². The minimum absolute atomic E-state index is 0.00430. The lowest BCUT2D eigenvalue weighted by atomic mass is 9.72. The molecule has 0 unspecified atom stereocenters. The van der Waals surface area contributed by atoms with Crippen molar-refractivity contribution >= 4 is 21.6 Å². The Morgan fingerprint density at radius 2 is 1.93 bits per heavy atom. The summed E-state index contributed by atoms with van der Waals surface area (Å²) < 4.78 is 1.52. The van der Waals surface area contributed by atoms with E-state index in [4.69, 9.17) is 0 Å². The zero-order chi connectivity index (χ0) is 20.1. The van der Waals surface area contributed by atoms with E-state index in [1.54, 1.807) is 11.3 Å². The van der Waals surface area contributed by atoms with E-state index in [9.17, 15) is 4.79 Å². The monoisotopic (exact) mass is 395 g/mol. The first kappa shape index (κ1) is 19.3. The van der Waals surface area contributed by atoms with Gasteiger partial charge in [-0.2, -0.15) is 0 Å². The number of aromatic nitrogens is 3. The van der Waals surface area contributed by atoms with Crippen molar-refractivity contribution in [1.29, 1.82) is 0 Å². The Morgan fingerprint density at radius 1 is 1.21 bits per heavy atom. The summed E-state index contributed by atoms with van der Waals surface area (Å²) in [5, 5.41) is 9.45. The molecule has 1 aliphatic rings. The summed E-state index contributed by atoms with van der Waals surface area (Å²) in [5.74, 6) is 1.16. The molecule has 0 aliphatic heterocycles. The molecule has 0 amide bonds. The van der Waals surface area contributed by atoms with Crippen LogP contribution in [0.15, 0.2) is 29.1 Å². The van der Waals surface area contributed by atoms with Gasteiger partial charge in [-0.3, -0.25) is 4.79 Å². The van der Waals surface area contributed by atoms with Gasteiger partial charge in [0.25, 0.3) is 5.56 Å². The van der Waals surface area contributed by atoms with Crippen LogP contribution in [-0.4, -0.2) is 15.0 Å². The average molecular weight is 396 g/mol. The van der Waals surface area contributed by atoms with E-state index >= 15 is 0 Å². The van der Waals surface area contributed by atoms with Crippen molar-refractivity contribution in [2.24, 2.45) is 11.3 Å². The van der Waals surface area contributed by atoms with E-state index in [1.807, 2.05) is 0 Å². The fourth-order valence-corrected chi connectivity index (χ4v) is 5.39. The third kappa shape index (κ3) is 3.52. The topological polar surface area (TPSA) is 47.8 Å². The molecule has 0 bridgehead atoms. The van der Waals surface area contributed by atoms with Gasteiger partial charge in [-0.1, -0.05) is 64.1 Å². The number of fused-ring (bicyclic) bond motifs is 3. The van der Waals surface area contributed by atoms with Gasteiger partial charge in [0.2, 0.25) is 0 Å². The lowest BCUT2D eigenvalue weighted by Gasteiger charge is -2.33. The maximum Gasteiger partial charge on any atom is 0.279 e. The molecule has 1 aliphatic carbocycles. The molecule has 2 aromatic heterocycles. The molecule has 1 aromatic carbocycles. The first-order valence-corrected chi connectivity index (χ1v) is 11.0. The summed E-state index contributed by atoms with van der Waals surface area (Å²) in [6.07, 6.45) is 3.16. The Labute approximate surface area is 170 Å². The number of hydrogen-bond donors (Lipinski definition) is 0. The van der Waals surface area contributed by atoms with E-state index in [-0.39, 0.29) is 5.56 Å². The molecule has 1 atom stereocenters. The highest BCUT2D eigenvalue weighted by Crippen LogP contribution is 2.41. The highest BCUT2D eigenvalue weighted by molar-refractivity contribution is 7.18. The summed E-state index contributed by atoms with van der Waals surface area (Å²) in [7, 11) is 0. The second-order valence-corrected chi connectivity index (χ2v) is 10.5. The van der Waals surface area contributed by atoms with Gasteiger partial charge in [0.05, 0.1) is 11.9 Å². The van der Waals surface area contributed by atoms with Crippen LogP contribution in [0, 0.1) is 11.3 Å². The van der Waals surface area contributed by atoms with Crippen LogP contribution >= 0.6 is 11.3 Å². The number of hydrogen-bond acceptors (Lipinski definition) is 4. The maximum atomic E-state index is 13.2. The van der Waals surface area contributed by atoms with Crippen molar-refractivity contribution in [1.82, 2.24) is 15.0 Å². The first-order chi connectivity index (χ1) is 13.2. The van der Waals surface area contributed by atoms with Crippen molar-refractivity contribution < 1.29 is 0 Å². The van der Waals surface area contributed by atoms with Gasteiger partial charge in [0.15, 0.2) is 4.83 Å². The SMILES string of the molecule is CC(C)c1ccc(Cn2nnc3sc4c(c3c2=O)CC[C@@H](C(C)(C)C)C4)cc1. The van der Waals surface area contributed by atoms with Crippen LogP contribution in [0.25, 0.3) is 10.2 Å². The molecule has 3 aromatic rings. The van der Waals surface area contributed by atoms with Crippen LogP contribution in [-0.2, 0) is 19.4 Å². The van der Waals surface area contributed by atoms with E-state index < -0.39 is 0 Å². The van der Waals surface area contributed by atoms with Crippen molar-refractivity contribution in [2.45, 2.75) is 66.3 Å². The van der Waals surface area contributed by atoms with Gasteiger partial charge >= 0.3 is 0 Å². The molecule has 0 saturated heterocycles. The molecule has 0 radical (unpaired) electrons. The highest BCUT2D eigenvalue weighted by atomic mass is 32.1. The molecule has 0 fully saturated rings. The minimum atomic E-state index is 0.00430. The van der Waals surface area contributed by atoms with Gasteiger partial charge in [0, 0.05) is 4.88 Å². The number of rotatable bonds is 3. The Bertz CT molecular complexity index is 1050. The molecule has 4 nitrogen and oxygen atoms in total. The van der Waals surface area contributed by atoms with E-state index in [0.29, 0.717) is 23.8 Å². The van der Waals surface area contributed by atoms with Crippen molar-refractivity contribution in [3.63, 3.8) is 0 Å². The lowest BCUT2D eigenvalue weighted by Crippen LogP contribution is -2.28. The second-order valence-electron chi connectivity index (χ2n) is 9.44. The Hall–Kier alpha value is -2.01. The molecular weight excluding hydrogens is 366 g/mol. The van der Waals surface area contributed by atoms with Crippen molar-refractivity contribution in [2.75, 3.05) is 0 Å². The quantitative estimate of drug-likeness (QED) is 0.614. The number of thiophene rings is 1. The van der Waals surface area contributed by atoms with Gasteiger partial charge in [-0.25, -0.2) is 4.68 Å². The van der Waals surface area contributed by atoms with Crippen molar-refractivity contribution in [3.05, 3.63) is 56.2 Å².